The lowest BCUT2D eigenvalue weighted by molar-refractivity contribution is -0.142. The molecule has 19 nitrogen and oxygen atoms in total. The molecule has 0 bridgehead atoms. The third-order valence-corrected chi connectivity index (χ3v) is 20.2. The number of nitrogens with zero attached hydrogens (tertiary/aromatic N) is 2. The summed E-state index contributed by atoms with van der Waals surface area (Å²) in [6.45, 7) is 15.8. The first-order chi connectivity index (χ1) is 40.5. The van der Waals surface area contributed by atoms with Crippen LogP contribution in [0.3, 0.4) is 0 Å². The summed E-state index contributed by atoms with van der Waals surface area (Å²) in [4.78, 5) is 149. The Balaban J connectivity index is 0.896. The van der Waals surface area contributed by atoms with Gasteiger partial charge in [0.1, 0.15) is 18.1 Å². The topological polar surface area (TPSA) is 280 Å². The minimum atomic E-state index is -1.34. The molecule has 4 fully saturated rings. The number of Topliss-reactive ketones (excluding diaryl/α,β-unsaturated/α-hetero) is 3. The maximum absolute atomic E-state index is 14.1. The number of nitrogens with one attached hydrogen (secondary N) is 3. The number of carbonyl (C=O) groups is 11. The highest BCUT2D eigenvalue weighted by Crippen LogP contribution is 2.66. The molecule has 3 saturated carbocycles. The number of unbranched alkanes of at least 4 members (excludes halogenated alkanes) is 2. The number of thioether (sulfide) groups is 1. The van der Waals surface area contributed by atoms with E-state index in [0.717, 1.165) is 32.1 Å². The molecular weight excluding hydrogens is 1120 g/mol. The largest absolute Gasteiger partial charge is 0.508 e. The van der Waals surface area contributed by atoms with Crippen LogP contribution in [0.1, 0.15) is 163 Å². The Bertz CT molecular complexity index is 2920. The van der Waals surface area contributed by atoms with Gasteiger partial charge in [-0.1, -0.05) is 85.2 Å². The molecular formula is C66H89N5O14S. The highest BCUT2D eigenvalue weighted by molar-refractivity contribution is 8.00. The number of carbonyl (C=O) groups excluding carboxylic acids is 10. The standard InChI is InChI=1S/C66H89N5O14S/c1-38(2)46(34-52(74)50(31-40-16-20-44(72)21-17-40)69-56(76)13-11-10-12-30-70-58(78)35-54(86-9)62(70)83)61(82)67-39(3)51(73)32-42(33-59(79)80)60(81)68-43-18-14-41(15-19-43)37-85-63(84)71-55-25-22-45-47-23-24-49(53(75)36-64(4,5)6)65(47,7)28-26-48(45)66(55,8)29-27-57(71)77/h14-21,27,29,38-39,42,45-50,54-55,72H,10-13,22-26,28,30-37H2,1-9H3,(H,67,82)(H,68,81)(H,69,76)(H,79,80)/t39-,42-,45-,46-,47-,48-,49+,50-,54?,55+,65-,66+/m0/s1. The molecule has 0 aromatic heterocycles. The van der Waals surface area contributed by atoms with Crippen LogP contribution in [-0.4, -0.2) is 121 Å². The molecule has 5 aliphatic rings. The van der Waals surface area contributed by atoms with E-state index in [4.69, 9.17) is 4.74 Å². The lowest BCUT2D eigenvalue weighted by atomic mass is 9.47. The van der Waals surface area contributed by atoms with E-state index in [1.807, 2.05) is 6.08 Å². The molecule has 2 aliphatic heterocycles. The normalized spacial score (nSPS) is 25.7. The second kappa shape index (κ2) is 28.4. The minimum Gasteiger partial charge on any atom is -0.508 e. The van der Waals surface area contributed by atoms with Gasteiger partial charge >= 0.3 is 12.1 Å². The van der Waals surface area contributed by atoms with Gasteiger partial charge in [-0.05, 0) is 141 Å². The summed E-state index contributed by atoms with van der Waals surface area (Å²) < 4.78 is 5.78. The van der Waals surface area contributed by atoms with Crippen LogP contribution >= 0.6 is 11.8 Å². The van der Waals surface area contributed by atoms with E-state index in [2.05, 4.69) is 50.6 Å². The Kier molecular flexibility index (Phi) is 22.1. The third-order valence-electron chi connectivity index (χ3n) is 19.3. The van der Waals surface area contributed by atoms with Crippen LogP contribution in [0.15, 0.2) is 60.7 Å². The van der Waals surface area contributed by atoms with Crippen molar-refractivity contribution in [2.24, 2.45) is 57.7 Å². The average molecular weight is 1210 g/mol. The van der Waals surface area contributed by atoms with Gasteiger partial charge in [-0.25, -0.2) is 9.69 Å². The van der Waals surface area contributed by atoms with Crippen LogP contribution in [0.4, 0.5) is 10.5 Å². The summed E-state index contributed by atoms with van der Waals surface area (Å²) in [5.41, 5.74) is 0.855. The number of ketones is 3. The second-order valence-electron chi connectivity index (χ2n) is 26.8. The molecule has 7 rings (SSSR count). The van der Waals surface area contributed by atoms with Crippen molar-refractivity contribution >= 4 is 82.3 Å². The van der Waals surface area contributed by atoms with Crippen molar-refractivity contribution in [1.82, 2.24) is 20.4 Å². The maximum atomic E-state index is 14.1. The number of likely N-dealkylation sites (tertiary alicyclic amines) is 1. The lowest BCUT2D eigenvalue weighted by Gasteiger charge is -2.60. The first-order valence-corrected chi connectivity index (χ1v) is 32.0. The predicted octanol–water partition coefficient (Wildman–Crippen LogP) is 9.16. The minimum absolute atomic E-state index is 0.00971. The zero-order chi connectivity index (χ0) is 63.0. The smallest absolute Gasteiger partial charge is 0.417 e. The van der Waals surface area contributed by atoms with Gasteiger partial charge in [0.15, 0.2) is 11.6 Å². The highest BCUT2D eigenvalue weighted by atomic mass is 32.2. The lowest BCUT2D eigenvalue weighted by Crippen LogP contribution is -2.62. The van der Waals surface area contributed by atoms with Gasteiger partial charge < -0.3 is 30.9 Å². The van der Waals surface area contributed by atoms with Crippen LogP contribution in [-0.2, 0) is 65.7 Å². The number of fused-ring (bicyclic) bond motifs is 5. The molecule has 1 saturated heterocycles. The number of imide groups is 2. The number of hydrogen-bond donors (Lipinski definition) is 5. The van der Waals surface area contributed by atoms with Gasteiger partial charge in [0.2, 0.25) is 29.5 Å². The van der Waals surface area contributed by atoms with E-state index in [-0.39, 0.29) is 90.0 Å². The molecule has 0 spiro atoms. The highest BCUT2D eigenvalue weighted by Gasteiger charge is 2.62. The average Bonchev–Trinajstić information content (AvgIpc) is 1.29. The number of ether oxygens (including phenoxy) is 1. The molecule has 12 atom stereocenters. The Hall–Kier alpha value is -6.70. The van der Waals surface area contributed by atoms with Gasteiger partial charge in [0.05, 0.1) is 35.7 Å². The van der Waals surface area contributed by atoms with Crippen molar-refractivity contribution < 1.29 is 67.7 Å². The number of aliphatic carboxylic acids is 1. The van der Waals surface area contributed by atoms with Gasteiger partial charge in [0.25, 0.3) is 5.91 Å². The molecule has 20 heteroatoms. The molecule has 2 aromatic rings. The SMILES string of the molecule is CSC1CC(=O)N(CCCCCC(=O)N[C@@H](Cc2ccc(O)cc2)C(=O)C[C@H](C(=O)N[C@@H](C)C(=O)C[C@@H](CC(=O)O)C(=O)Nc2ccc(COC(=O)N3C(=O)C=C[C@]4(C)[C@H]5CC[C@]6(C)[C@@H](C(=O)CC(C)(C)C)CC[C@H]6[C@@H]5CC[C@@H]34)cc2)C(C)C)C1=O. The van der Waals surface area contributed by atoms with E-state index < -0.39 is 101 Å². The second-order valence-corrected chi connectivity index (χ2v) is 27.9. The third kappa shape index (κ3) is 16.1. The Morgan fingerprint density at radius 1 is 0.791 bits per heavy atom. The molecule has 0 radical (unpaired) electrons. The Labute approximate surface area is 509 Å². The summed E-state index contributed by atoms with van der Waals surface area (Å²) in [6, 6.07) is 9.81. The number of carboxylic acids is 1. The van der Waals surface area contributed by atoms with Crippen LogP contribution in [0, 0.1) is 57.7 Å². The fourth-order valence-electron chi connectivity index (χ4n) is 14.5. The summed E-state index contributed by atoms with van der Waals surface area (Å²) >= 11 is 1.34. The molecule has 468 valence electrons. The molecule has 7 amide bonds. The van der Waals surface area contributed by atoms with Gasteiger partial charge in [-0.2, -0.15) is 11.8 Å². The zero-order valence-corrected chi connectivity index (χ0v) is 52.3. The van der Waals surface area contributed by atoms with Gasteiger partial charge in [0, 0.05) is 67.7 Å². The van der Waals surface area contributed by atoms with E-state index in [1.165, 1.54) is 46.7 Å². The fourth-order valence-corrected chi connectivity index (χ4v) is 15.1. The van der Waals surface area contributed by atoms with Crippen molar-refractivity contribution in [3.8, 4) is 5.75 Å². The molecule has 5 N–H and O–H groups in total. The molecule has 86 heavy (non-hydrogen) atoms. The Morgan fingerprint density at radius 3 is 2.12 bits per heavy atom. The number of rotatable bonds is 27. The van der Waals surface area contributed by atoms with E-state index in [0.29, 0.717) is 60.9 Å². The number of anilines is 1. The number of aromatic hydroxyl groups is 1. The summed E-state index contributed by atoms with van der Waals surface area (Å²) in [5.74, 6) is -6.35. The number of amides is 7. The van der Waals surface area contributed by atoms with Crippen LogP contribution < -0.4 is 16.0 Å². The van der Waals surface area contributed by atoms with E-state index >= 15 is 0 Å². The van der Waals surface area contributed by atoms with Crippen LogP contribution in [0.5, 0.6) is 5.75 Å². The molecule has 2 aromatic carbocycles. The molecule has 3 aliphatic carbocycles. The van der Waals surface area contributed by atoms with E-state index in [1.54, 1.807) is 56.5 Å². The monoisotopic (exact) mass is 1210 g/mol. The first kappa shape index (κ1) is 66.8. The number of benzene rings is 2. The number of hydrogen-bond acceptors (Lipinski definition) is 14. The van der Waals surface area contributed by atoms with Crippen molar-refractivity contribution in [1.29, 1.82) is 0 Å². The van der Waals surface area contributed by atoms with Gasteiger partial charge in [-0.3, -0.25) is 52.8 Å². The first-order valence-electron chi connectivity index (χ1n) is 30.7. The zero-order valence-electron chi connectivity index (χ0n) is 51.4. The van der Waals surface area contributed by atoms with Crippen LogP contribution in [0.2, 0.25) is 0 Å². The molecule has 1 unspecified atom stereocenters. The maximum Gasteiger partial charge on any atom is 0.417 e. The Morgan fingerprint density at radius 2 is 1.48 bits per heavy atom. The van der Waals surface area contributed by atoms with Crippen molar-refractivity contribution in [3.05, 3.63) is 71.8 Å². The quantitative estimate of drug-likeness (QED) is 0.0412. The number of phenols is 1. The molecule has 2 heterocycles. The van der Waals surface area contributed by atoms with Crippen LogP contribution in [0.25, 0.3) is 0 Å². The van der Waals surface area contributed by atoms with Crippen molar-refractivity contribution in [2.75, 3.05) is 18.1 Å². The van der Waals surface area contributed by atoms with E-state index in [9.17, 15) is 63.0 Å². The fraction of sp³-hybridized carbons (Fsp3) is 0.621. The summed E-state index contributed by atoms with van der Waals surface area (Å²) in [6.07, 6.45) is 10.5. The number of carboxylic acid groups (broad SMARTS) is 1. The van der Waals surface area contributed by atoms with Gasteiger partial charge in [-0.15, -0.1) is 0 Å². The predicted molar refractivity (Wildman–Crippen MR) is 324 cm³/mol. The summed E-state index contributed by atoms with van der Waals surface area (Å²) in [5, 5.41) is 27.4. The number of phenolic OH excluding ortho intramolecular Hbond substituents is 1. The summed E-state index contributed by atoms with van der Waals surface area (Å²) in [7, 11) is 0. The van der Waals surface area contributed by atoms with Crippen molar-refractivity contribution in [2.45, 2.75) is 188 Å². The van der Waals surface area contributed by atoms with Crippen molar-refractivity contribution in [3.63, 3.8) is 0 Å².